The Bertz CT molecular complexity index is 595. The van der Waals surface area contributed by atoms with Crippen LogP contribution in [-0.4, -0.2) is 36.5 Å². The normalized spacial score (nSPS) is 18.3. The van der Waals surface area contributed by atoms with Crippen LogP contribution in [-0.2, 0) is 4.79 Å². The number of hydrogen-bond donors (Lipinski definition) is 1. The van der Waals surface area contributed by atoms with Crippen molar-refractivity contribution in [1.29, 1.82) is 0 Å². The van der Waals surface area contributed by atoms with Gasteiger partial charge in [0.25, 0.3) is 0 Å². The van der Waals surface area contributed by atoms with Gasteiger partial charge in [-0.05, 0) is 30.0 Å². The summed E-state index contributed by atoms with van der Waals surface area (Å²) in [7, 11) is 0. The predicted molar refractivity (Wildman–Crippen MR) is 102 cm³/mol. The summed E-state index contributed by atoms with van der Waals surface area (Å²) in [6.45, 7) is 13.1. The minimum Gasteiger partial charge on any atom is -0.398 e. The van der Waals surface area contributed by atoms with Gasteiger partial charge in [0, 0.05) is 37.3 Å². The molecular formula is C19H30ClN3O. The molecule has 0 radical (unpaired) electrons. The first kappa shape index (κ1) is 18.9. The maximum absolute atomic E-state index is 12.3. The van der Waals surface area contributed by atoms with Crippen molar-refractivity contribution in [2.24, 2.45) is 11.3 Å². The summed E-state index contributed by atoms with van der Waals surface area (Å²) in [6, 6.07) is 6.14. The van der Waals surface area contributed by atoms with E-state index < -0.39 is 0 Å². The number of anilines is 2. The lowest BCUT2D eigenvalue weighted by Gasteiger charge is -2.36. The number of nitrogens with two attached hydrogens (primary N) is 1. The first-order chi connectivity index (χ1) is 11.1. The second-order valence-electron chi connectivity index (χ2n) is 8.28. The first-order valence-corrected chi connectivity index (χ1v) is 9.07. The van der Waals surface area contributed by atoms with Gasteiger partial charge < -0.3 is 15.5 Å². The van der Waals surface area contributed by atoms with E-state index in [4.69, 9.17) is 17.3 Å². The molecule has 1 aromatic carbocycles. The van der Waals surface area contributed by atoms with Gasteiger partial charge in [-0.25, -0.2) is 0 Å². The fourth-order valence-corrected chi connectivity index (χ4v) is 3.37. The third kappa shape index (κ3) is 4.56. The Balaban J connectivity index is 2.24. The van der Waals surface area contributed by atoms with Crippen molar-refractivity contribution in [2.75, 3.05) is 30.3 Å². The number of rotatable bonds is 4. The molecule has 0 aromatic heterocycles. The number of carbonyl (C=O) groups excluding carboxylic acids is 1. The molecule has 1 aliphatic rings. The highest BCUT2D eigenvalue weighted by atomic mass is 35.5. The number of nitrogens with zero attached hydrogens (tertiary/aromatic N) is 2. The van der Waals surface area contributed by atoms with Crippen LogP contribution in [0.15, 0.2) is 18.2 Å². The van der Waals surface area contributed by atoms with Crippen LogP contribution in [0.5, 0.6) is 0 Å². The highest BCUT2D eigenvalue weighted by Gasteiger charge is 2.33. The average Bonchev–Trinajstić information content (AvgIpc) is 2.95. The standard InChI is InChI=1S/C19H30ClN3O/c1-13(2)18(24)22-9-8-15(11-22)23(12-19(3,4)5)14-6-7-17(21)16(20)10-14/h6-7,10,13,15H,8-9,11-12,21H2,1-5H3. The Morgan fingerprint density at radius 3 is 2.62 bits per heavy atom. The topological polar surface area (TPSA) is 49.6 Å². The molecule has 0 saturated carbocycles. The summed E-state index contributed by atoms with van der Waals surface area (Å²) in [5.41, 5.74) is 7.68. The second kappa shape index (κ2) is 7.22. The van der Waals surface area contributed by atoms with E-state index in [1.807, 2.05) is 36.9 Å². The molecule has 1 aliphatic heterocycles. The van der Waals surface area contributed by atoms with Gasteiger partial charge in [0.2, 0.25) is 5.91 Å². The molecule has 24 heavy (non-hydrogen) atoms. The number of halogens is 1. The molecule has 1 aromatic rings. The zero-order chi connectivity index (χ0) is 18.1. The Morgan fingerprint density at radius 2 is 2.08 bits per heavy atom. The third-order valence-electron chi connectivity index (χ3n) is 4.37. The summed E-state index contributed by atoms with van der Waals surface area (Å²) in [5, 5.41) is 0.583. The van der Waals surface area contributed by atoms with Crippen LogP contribution < -0.4 is 10.6 Å². The summed E-state index contributed by atoms with van der Waals surface area (Å²) in [5.74, 6) is 0.286. The van der Waals surface area contributed by atoms with Crippen LogP contribution in [0.25, 0.3) is 0 Å². The molecule has 2 rings (SSSR count). The van der Waals surface area contributed by atoms with Crippen molar-refractivity contribution >= 4 is 28.9 Å². The predicted octanol–water partition coefficient (Wildman–Crippen LogP) is 4.03. The molecule has 1 fully saturated rings. The number of likely N-dealkylation sites (tertiary alicyclic amines) is 1. The molecule has 1 unspecified atom stereocenters. The Kier molecular flexibility index (Phi) is 5.69. The lowest BCUT2D eigenvalue weighted by molar-refractivity contribution is -0.133. The molecule has 1 heterocycles. The molecule has 134 valence electrons. The summed E-state index contributed by atoms with van der Waals surface area (Å²) < 4.78 is 0. The molecule has 1 amide bonds. The maximum Gasteiger partial charge on any atom is 0.225 e. The van der Waals surface area contributed by atoms with Crippen molar-refractivity contribution in [1.82, 2.24) is 4.90 Å². The quantitative estimate of drug-likeness (QED) is 0.833. The number of amides is 1. The fourth-order valence-electron chi connectivity index (χ4n) is 3.20. The number of hydrogen-bond acceptors (Lipinski definition) is 3. The maximum atomic E-state index is 12.3. The average molecular weight is 352 g/mol. The van der Waals surface area contributed by atoms with Crippen molar-refractivity contribution in [3.05, 3.63) is 23.2 Å². The van der Waals surface area contributed by atoms with E-state index in [1.54, 1.807) is 0 Å². The van der Waals surface area contributed by atoms with E-state index in [0.29, 0.717) is 16.8 Å². The monoisotopic (exact) mass is 351 g/mol. The van der Waals surface area contributed by atoms with Crippen LogP contribution in [0.1, 0.15) is 41.0 Å². The van der Waals surface area contributed by atoms with Crippen LogP contribution >= 0.6 is 11.6 Å². The molecule has 1 atom stereocenters. The minimum atomic E-state index is 0.0470. The fraction of sp³-hybridized carbons (Fsp3) is 0.632. The van der Waals surface area contributed by atoms with E-state index in [2.05, 4.69) is 25.7 Å². The number of carbonyl (C=O) groups is 1. The van der Waals surface area contributed by atoms with Gasteiger partial charge >= 0.3 is 0 Å². The molecule has 1 saturated heterocycles. The second-order valence-corrected chi connectivity index (χ2v) is 8.68. The Hall–Kier alpha value is -1.42. The van der Waals surface area contributed by atoms with Crippen LogP contribution in [0.2, 0.25) is 5.02 Å². The van der Waals surface area contributed by atoms with E-state index in [-0.39, 0.29) is 17.2 Å². The molecule has 5 heteroatoms. The largest absolute Gasteiger partial charge is 0.398 e. The van der Waals surface area contributed by atoms with E-state index in [9.17, 15) is 4.79 Å². The van der Waals surface area contributed by atoms with Gasteiger partial charge in [0.05, 0.1) is 10.7 Å². The van der Waals surface area contributed by atoms with Crippen molar-refractivity contribution in [3.8, 4) is 0 Å². The van der Waals surface area contributed by atoms with E-state index >= 15 is 0 Å². The minimum absolute atomic E-state index is 0.0470. The Labute approximate surface area is 150 Å². The summed E-state index contributed by atoms with van der Waals surface area (Å²) in [4.78, 5) is 16.7. The zero-order valence-corrected chi connectivity index (χ0v) is 16.2. The lowest BCUT2D eigenvalue weighted by Crippen LogP contribution is -2.43. The molecule has 0 spiro atoms. The van der Waals surface area contributed by atoms with Crippen LogP contribution in [0.3, 0.4) is 0 Å². The van der Waals surface area contributed by atoms with Crippen molar-refractivity contribution in [3.63, 3.8) is 0 Å². The molecule has 0 bridgehead atoms. The lowest BCUT2D eigenvalue weighted by atomic mass is 9.94. The van der Waals surface area contributed by atoms with E-state index in [1.165, 1.54) is 0 Å². The van der Waals surface area contributed by atoms with Gasteiger partial charge in [-0.2, -0.15) is 0 Å². The third-order valence-corrected chi connectivity index (χ3v) is 4.70. The number of benzene rings is 1. The molecule has 4 nitrogen and oxygen atoms in total. The zero-order valence-electron chi connectivity index (χ0n) is 15.5. The van der Waals surface area contributed by atoms with Crippen LogP contribution in [0.4, 0.5) is 11.4 Å². The highest BCUT2D eigenvalue weighted by Crippen LogP contribution is 2.31. The summed E-state index contributed by atoms with van der Waals surface area (Å²) >= 11 is 6.24. The molecule has 0 aliphatic carbocycles. The number of nitrogen functional groups attached to an aromatic ring is 1. The smallest absolute Gasteiger partial charge is 0.225 e. The van der Waals surface area contributed by atoms with Gasteiger partial charge in [-0.1, -0.05) is 46.2 Å². The Morgan fingerprint density at radius 1 is 1.42 bits per heavy atom. The van der Waals surface area contributed by atoms with Gasteiger partial charge in [-0.3, -0.25) is 4.79 Å². The van der Waals surface area contributed by atoms with Gasteiger partial charge in [-0.15, -0.1) is 0 Å². The SMILES string of the molecule is CC(C)C(=O)N1CCC(N(CC(C)(C)C)c2ccc(N)c(Cl)c2)C1. The molecular weight excluding hydrogens is 322 g/mol. The first-order valence-electron chi connectivity index (χ1n) is 8.69. The van der Waals surface area contributed by atoms with Crippen LogP contribution in [0, 0.1) is 11.3 Å². The van der Waals surface area contributed by atoms with E-state index in [0.717, 1.165) is 31.7 Å². The summed E-state index contributed by atoms with van der Waals surface area (Å²) in [6.07, 6.45) is 0.983. The molecule has 2 N–H and O–H groups in total. The van der Waals surface area contributed by atoms with Crippen molar-refractivity contribution in [2.45, 2.75) is 47.1 Å². The van der Waals surface area contributed by atoms with Gasteiger partial charge in [0.1, 0.15) is 0 Å². The highest BCUT2D eigenvalue weighted by molar-refractivity contribution is 6.33. The van der Waals surface area contributed by atoms with Gasteiger partial charge in [0.15, 0.2) is 0 Å². The van der Waals surface area contributed by atoms with Crippen molar-refractivity contribution < 1.29 is 4.79 Å².